The van der Waals surface area contributed by atoms with Crippen LogP contribution < -0.4 is 0 Å². The summed E-state index contributed by atoms with van der Waals surface area (Å²) < 4.78 is 16.1. The minimum Gasteiger partial charge on any atom is -0.463 e. The molecule has 1 fully saturated rings. The Hall–Kier alpha value is -1.85. The van der Waals surface area contributed by atoms with Gasteiger partial charge in [0, 0.05) is 6.08 Å². The highest BCUT2D eigenvalue weighted by atomic mass is 16.6. The highest BCUT2D eigenvalue weighted by molar-refractivity contribution is 5.88. The van der Waals surface area contributed by atoms with E-state index in [4.69, 9.17) is 14.2 Å². The van der Waals surface area contributed by atoms with E-state index in [1.54, 1.807) is 13.8 Å². The van der Waals surface area contributed by atoms with E-state index in [9.17, 15) is 14.4 Å². The Labute approximate surface area is 162 Å². The summed E-state index contributed by atoms with van der Waals surface area (Å²) >= 11 is 0. The second kappa shape index (κ2) is 11.8. The van der Waals surface area contributed by atoms with Crippen molar-refractivity contribution in [3.05, 3.63) is 12.7 Å². The molecule has 0 aliphatic heterocycles. The van der Waals surface area contributed by atoms with Crippen LogP contribution >= 0.6 is 0 Å². The van der Waals surface area contributed by atoms with Crippen molar-refractivity contribution in [3.63, 3.8) is 0 Å². The van der Waals surface area contributed by atoms with Crippen LogP contribution in [0.25, 0.3) is 0 Å². The van der Waals surface area contributed by atoms with E-state index in [-0.39, 0.29) is 30.8 Å². The third-order valence-corrected chi connectivity index (χ3v) is 4.79. The molecule has 6 heteroatoms. The highest BCUT2D eigenvalue weighted by Crippen LogP contribution is 2.37. The van der Waals surface area contributed by atoms with E-state index >= 15 is 0 Å². The van der Waals surface area contributed by atoms with Crippen molar-refractivity contribution in [3.8, 4) is 0 Å². The van der Waals surface area contributed by atoms with Gasteiger partial charge < -0.3 is 14.2 Å². The summed E-state index contributed by atoms with van der Waals surface area (Å²) in [4.78, 5) is 36.5. The summed E-state index contributed by atoms with van der Waals surface area (Å²) in [5.74, 6) is -1.73. The molecule has 0 radical (unpaired) electrons. The molecule has 6 nitrogen and oxygen atoms in total. The topological polar surface area (TPSA) is 78.9 Å². The van der Waals surface area contributed by atoms with E-state index < -0.39 is 17.5 Å². The van der Waals surface area contributed by atoms with Gasteiger partial charge in [-0.3, -0.25) is 4.79 Å². The molecule has 0 N–H and O–H groups in total. The molecule has 1 saturated carbocycles. The van der Waals surface area contributed by atoms with Gasteiger partial charge in [-0.05, 0) is 46.0 Å². The second-order valence-electron chi connectivity index (χ2n) is 7.43. The Morgan fingerprint density at radius 3 is 2.30 bits per heavy atom. The van der Waals surface area contributed by atoms with Gasteiger partial charge in [0.2, 0.25) is 5.60 Å². The molecular weight excluding hydrogens is 348 g/mol. The molecule has 0 atom stereocenters. The summed E-state index contributed by atoms with van der Waals surface area (Å²) in [6.45, 7) is 9.45. The number of carbonyl (C=O) groups excluding carboxylic acids is 3. The van der Waals surface area contributed by atoms with Crippen LogP contribution in [-0.2, 0) is 28.6 Å². The monoisotopic (exact) mass is 382 g/mol. The van der Waals surface area contributed by atoms with Crippen molar-refractivity contribution in [1.29, 1.82) is 0 Å². The lowest BCUT2D eigenvalue weighted by atomic mass is 9.78. The second-order valence-corrected chi connectivity index (χ2v) is 7.43. The lowest BCUT2D eigenvalue weighted by Gasteiger charge is -2.36. The first kappa shape index (κ1) is 23.2. The molecule has 0 aromatic rings. The molecular formula is C21H34O6. The van der Waals surface area contributed by atoms with Crippen LogP contribution in [0.1, 0.15) is 78.6 Å². The normalized spacial score (nSPS) is 22.1. The maximum Gasteiger partial charge on any atom is 0.350 e. The highest BCUT2D eigenvalue weighted by Gasteiger charge is 2.48. The number of esters is 3. The van der Waals surface area contributed by atoms with Crippen LogP contribution in [0, 0.1) is 5.92 Å². The first-order chi connectivity index (χ1) is 12.8. The minimum absolute atomic E-state index is 0.180. The van der Waals surface area contributed by atoms with E-state index in [1.807, 2.05) is 0 Å². The molecule has 154 valence electrons. The van der Waals surface area contributed by atoms with Gasteiger partial charge in [-0.1, -0.05) is 39.2 Å². The van der Waals surface area contributed by atoms with Crippen LogP contribution in [-0.4, -0.2) is 36.2 Å². The van der Waals surface area contributed by atoms with E-state index in [1.165, 1.54) is 6.42 Å². The van der Waals surface area contributed by atoms with Gasteiger partial charge in [-0.2, -0.15) is 0 Å². The number of hydrogen-bond donors (Lipinski definition) is 0. The van der Waals surface area contributed by atoms with Crippen molar-refractivity contribution in [1.82, 2.24) is 0 Å². The van der Waals surface area contributed by atoms with Gasteiger partial charge in [0.15, 0.2) is 0 Å². The minimum atomic E-state index is -1.33. The molecule has 0 amide bonds. The average molecular weight is 382 g/mol. The van der Waals surface area contributed by atoms with Crippen LogP contribution in [0.3, 0.4) is 0 Å². The summed E-state index contributed by atoms with van der Waals surface area (Å²) in [7, 11) is 0. The number of ether oxygens (including phenoxy) is 3. The molecule has 1 aliphatic rings. The van der Waals surface area contributed by atoms with Crippen molar-refractivity contribution in [2.45, 2.75) is 90.3 Å². The van der Waals surface area contributed by atoms with Gasteiger partial charge in [-0.15, -0.1) is 0 Å². The zero-order valence-corrected chi connectivity index (χ0v) is 17.0. The summed E-state index contributed by atoms with van der Waals surface area (Å²) in [6, 6.07) is 0. The van der Waals surface area contributed by atoms with Crippen LogP contribution in [0.4, 0.5) is 0 Å². The van der Waals surface area contributed by atoms with Crippen molar-refractivity contribution in [2.24, 2.45) is 5.92 Å². The fourth-order valence-corrected chi connectivity index (χ4v) is 3.23. The Morgan fingerprint density at radius 2 is 1.74 bits per heavy atom. The maximum absolute atomic E-state index is 12.7. The zero-order chi connectivity index (χ0) is 20.3. The zero-order valence-electron chi connectivity index (χ0n) is 17.0. The van der Waals surface area contributed by atoms with Gasteiger partial charge in [0.1, 0.15) is 0 Å². The first-order valence-electron chi connectivity index (χ1n) is 10.1. The van der Waals surface area contributed by atoms with Gasteiger partial charge in [0.25, 0.3) is 0 Å². The molecule has 1 aliphatic carbocycles. The standard InChI is InChI=1S/C21H34O6/c1-5-7-8-9-10-15-25-20(24)21(27-18(22)6-2)13-11-17(12-14-21)19(23)26-16(3)4/h6,16-17H,2,5,7-15H2,1,3-4H3. The fraction of sp³-hybridized carbons (Fsp3) is 0.762. The van der Waals surface area contributed by atoms with Crippen LogP contribution in [0.5, 0.6) is 0 Å². The van der Waals surface area contributed by atoms with Crippen LogP contribution in [0.2, 0.25) is 0 Å². The van der Waals surface area contributed by atoms with Gasteiger partial charge in [-0.25, -0.2) is 9.59 Å². The van der Waals surface area contributed by atoms with Gasteiger partial charge in [0.05, 0.1) is 18.6 Å². The predicted molar refractivity (Wildman–Crippen MR) is 102 cm³/mol. The van der Waals surface area contributed by atoms with Crippen molar-refractivity contribution in [2.75, 3.05) is 6.61 Å². The Kier molecular flexibility index (Phi) is 10.1. The van der Waals surface area contributed by atoms with E-state index in [2.05, 4.69) is 13.5 Å². The number of carbonyl (C=O) groups is 3. The first-order valence-corrected chi connectivity index (χ1v) is 10.1. The largest absolute Gasteiger partial charge is 0.463 e. The number of rotatable bonds is 11. The van der Waals surface area contributed by atoms with E-state index in [0.29, 0.717) is 19.4 Å². The Morgan fingerprint density at radius 1 is 1.11 bits per heavy atom. The summed E-state index contributed by atoms with van der Waals surface area (Å²) in [6.07, 6.45) is 7.43. The predicted octanol–water partition coefficient (Wildman–Crippen LogP) is 4.11. The summed E-state index contributed by atoms with van der Waals surface area (Å²) in [5.41, 5.74) is -1.33. The van der Waals surface area contributed by atoms with Gasteiger partial charge >= 0.3 is 17.9 Å². The molecule has 0 spiro atoms. The van der Waals surface area contributed by atoms with Crippen LogP contribution in [0.15, 0.2) is 12.7 Å². The average Bonchev–Trinajstić information content (AvgIpc) is 2.64. The third-order valence-electron chi connectivity index (χ3n) is 4.79. The van der Waals surface area contributed by atoms with E-state index in [0.717, 1.165) is 31.8 Å². The molecule has 0 aromatic carbocycles. The Balaban J connectivity index is 2.63. The number of hydrogen-bond acceptors (Lipinski definition) is 6. The quantitative estimate of drug-likeness (QED) is 0.232. The Bertz CT molecular complexity index is 503. The molecule has 1 rings (SSSR count). The molecule has 0 bridgehead atoms. The molecule has 0 unspecified atom stereocenters. The third kappa shape index (κ3) is 7.73. The maximum atomic E-state index is 12.7. The van der Waals surface area contributed by atoms with Crippen molar-refractivity contribution < 1.29 is 28.6 Å². The fourth-order valence-electron chi connectivity index (χ4n) is 3.23. The lowest BCUT2D eigenvalue weighted by molar-refractivity contribution is -0.186. The molecule has 0 saturated heterocycles. The molecule has 0 heterocycles. The SMILES string of the molecule is C=CC(=O)OC1(C(=O)OCCCCCCC)CCC(C(=O)OC(C)C)CC1. The molecule has 27 heavy (non-hydrogen) atoms. The lowest BCUT2D eigenvalue weighted by Crippen LogP contribution is -2.48. The van der Waals surface area contributed by atoms with Crippen molar-refractivity contribution >= 4 is 17.9 Å². The number of unbranched alkanes of at least 4 members (excludes halogenated alkanes) is 4. The smallest absolute Gasteiger partial charge is 0.350 e. The molecule has 0 aromatic heterocycles. The summed E-state index contributed by atoms with van der Waals surface area (Å²) in [5, 5.41) is 0.